The fraction of sp³-hybridized carbons (Fsp3) is 0.814. The maximum Gasteiger partial charge on any atom is 0.306 e. The zero-order valence-electron chi connectivity index (χ0n) is 45.4. The molecule has 7 N–H and O–H groups in total. The number of hydrogen-bond acceptors (Lipinski definition) is 14. The number of carbonyl (C=O) groups excluding carboxylic acids is 1. The van der Waals surface area contributed by atoms with Crippen LogP contribution in [0.1, 0.15) is 206 Å². The molecule has 2 fully saturated rings. The van der Waals surface area contributed by atoms with Gasteiger partial charge in [0.2, 0.25) is 0 Å². The molecular weight excluding hydrogens is 933 g/mol. The van der Waals surface area contributed by atoms with Crippen LogP contribution in [0.25, 0.3) is 0 Å². The van der Waals surface area contributed by atoms with E-state index in [1.807, 2.05) is 0 Å². The summed E-state index contributed by atoms with van der Waals surface area (Å²) in [6.07, 6.45) is 40.0. The number of esters is 1. The van der Waals surface area contributed by atoms with Crippen LogP contribution in [0.3, 0.4) is 0 Å². The summed E-state index contributed by atoms with van der Waals surface area (Å²) in [6, 6.07) is 0. The molecule has 0 bridgehead atoms. The number of aliphatic hydroxyl groups excluding tert-OH is 7. The third-order valence-electron chi connectivity index (χ3n) is 13.5. The van der Waals surface area contributed by atoms with E-state index >= 15 is 0 Å². The van der Waals surface area contributed by atoms with Crippen LogP contribution in [-0.2, 0) is 33.2 Å². The van der Waals surface area contributed by atoms with Gasteiger partial charge in [0.25, 0.3) is 0 Å². The van der Waals surface area contributed by atoms with Crippen molar-refractivity contribution in [3.05, 3.63) is 60.8 Å². The first kappa shape index (κ1) is 66.8. The van der Waals surface area contributed by atoms with Crippen molar-refractivity contribution in [2.45, 2.75) is 274 Å². The number of carbonyl (C=O) groups is 1. The van der Waals surface area contributed by atoms with E-state index < -0.39 is 80.7 Å². The van der Waals surface area contributed by atoms with Crippen molar-refractivity contribution in [3.63, 3.8) is 0 Å². The van der Waals surface area contributed by atoms with E-state index in [2.05, 4.69) is 74.6 Å². The molecule has 0 spiro atoms. The van der Waals surface area contributed by atoms with Crippen LogP contribution in [0.4, 0.5) is 0 Å². The van der Waals surface area contributed by atoms with Crippen LogP contribution in [0, 0.1) is 0 Å². The van der Waals surface area contributed by atoms with Gasteiger partial charge in [0.05, 0.1) is 26.4 Å². The van der Waals surface area contributed by atoms with Crippen molar-refractivity contribution in [1.29, 1.82) is 0 Å². The van der Waals surface area contributed by atoms with Gasteiger partial charge < -0.3 is 64.2 Å². The van der Waals surface area contributed by atoms with Gasteiger partial charge >= 0.3 is 5.97 Å². The highest BCUT2D eigenvalue weighted by molar-refractivity contribution is 5.69. The highest BCUT2D eigenvalue weighted by Crippen LogP contribution is 2.27. The SMILES string of the molecule is CC/C=C\C/C=C\C/C=C\C/C=C\C/C=C\CCCCOCC(COC1OC(COC2OC(CO)C(O)C(O)C2O)C(O)C(O)C1O)OC(=O)CCCCCCCCCCCCCCCCCCCCCCC. The van der Waals surface area contributed by atoms with Gasteiger partial charge in [-0.3, -0.25) is 4.79 Å². The molecule has 73 heavy (non-hydrogen) atoms. The molecule has 0 saturated carbocycles. The Labute approximate surface area is 441 Å². The van der Waals surface area contributed by atoms with E-state index in [4.69, 9.17) is 28.4 Å². The highest BCUT2D eigenvalue weighted by Gasteiger charge is 2.47. The predicted octanol–water partition coefficient (Wildman–Crippen LogP) is 10.1. The molecule has 0 amide bonds. The van der Waals surface area contributed by atoms with Gasteiger partial charge in [0, 0.05) is 13.0 Å². The number of ether oxygens (including phenoxy) is 6. The van der Waals surface area contributed by atoms with E-state index in [9.17, 15) is 40.5 Å². The number of unbranched alkanes of at least 4 members (excludes halogenated alkanes) is 22. The third-order valence-corrected chi connectivity index (χ3v) is 13.5. The Bertz CT molecular complexity index is 1440. The van der Waals surface area contributed by atoms with Crippen molar-refractivity contribution < 1.29 is 69.0 Å². The lowest BCUT2D eigenvalue weighted by molar-refractivity contribution is -0.332. The van der Waals surface area contributed by atoms with E-state index in [1.54, 1.807) is 0 Å². The third kappa shape index (κ3) is 32.8. The van der Waals surface area contributed by atoms with E-state index in [0.29, 0.717) is 13.0 Å². The van der Waals surface area contributed by atoms with Crippen LogP contribution < -0.4 is 0 Å². The summed E-state index contributed by atoms with van der Waals surface area (Å²) >= 11 is 0. The van der Waals surface area contributed by atoms with Gasteiger partial charge in [0.1, 0.15) is 54.9 Å². The molecule has 2 heterocycles. The predicted molar refractivity (Wildman–Crippen MR) is 289 cm³/mol. The standard InChI is InChI=1S/C59H104O14/c1-3-5-7-9-11-13-15-17-19-21-23-24-25-26-28-30-32-34-36-38-40-42-51(61)71-48(45-68-43-41-39-37-35-33-31-29-27-22-20-18-16-14-12-10-8-6-4-2)46-69-58-57(67)55(65)53(63)50(73-58)47-70-59-56(66)54(64)52(62)49(44-60)72-59/h6,8,12,14,18,20,27,29,33,35,48-50,52-60,62-67H,3-5,7,9-11,13,15-17,19,21-26,28,30-32,34,36-47H2,1-2H3/b8-6-,14-12-,20-18-,29-27-,35-33-. The van der Waals surface area contributed by atoms with Crippen molar-refractivity contribution in [1.82, 2.24) is 0 Å². The second-order valence-corrected chi connectivity index (χ2v) is 20.1. The minimum absolute atomic E-state index is 0.0321. The second-order valence-electron chi connectivity index (χ2n) is 20.1. The minimum Gasteiger partial charge on any atom is -0.457 e. The molecule has 2 rings (SSSR count). The van der Waals surface area contributed by atoms with E-state index in [-0.39, 0.29) is 25.6 Å². The average Bonchev–Trinajstić information content (AvgIpc) is 3.39. The molecule has 0 aromatic heterocycles. The normalized spacial score (nSPS) is 25.4. The van der Waals surface area contributed by atoms with Crippen LogP contribution >= 0.6 is 0 Å². The summed E-state index contributed by atoms with van der Waals surface area (Å²) in [5, 5.41) is 72.3. The Hall–Kier alpha value is -2.31. The summed E-state index contributed by atoms with van der Waals surface area (Å²) in [5.41, 5.74) is 0. The zero-order valence-corrected chi connectivity index (χ0v) is 45.4. The summed E-state index contributed by atoms with van der Waals surface area (Å²) < 4.78 is 34.3. The van der Waals surface area contributed by atoms with Gasteiger partial charge in [-0.25, -0.2) is 0 Å². The van der Waals surface area contributed by atoms with Crippen molar-refractivity contribution in [2.75, 3.05) is 33.0 Å². The fourth-order valence-corrected chi connectivity index (χ4v) is 8.90. The Morgan fingerprint density at radius 2 is 0.890 bits per heavy atom. The largest absolute Gasteiger partial charge is 0.457 e. The Morgan fingerprint density at radius 1 is 0.466 bits per heavy atom. The molecule has 0 aliphatic carbocycles. The minimum atomic E-state index is -1.72. The average molecular weight is 1040 g/mol. The lowest BCUT2D eigenvalue weighted by atomic mass is 9.98. The van der Waals surface area contributed by atoms with Crippen LogP contribution in [-0.4, -0.2) is 142 Å². The lowest BCUT2D eigenvalue weighted by Gasteiger charge is -2.42. The Balaban J connectivity index is 1.73. The molecule has 2 aliphatic heterocycles. The molecule has 0 radical (unpaired) electrons. The molecule has 14 heteroatoms. The molecule has 14 nitrogen and oxygen atoms in total. The molecule has 424 valence electrons. The van der Waals surface area contributed by atoms with Crippen LogP contribution in [0.15, 0.2) is 60.8 Å². The van der Waals surface area contributed by atoms with Gasteiger partial charge in [-0.05, 0) is 57.8 Å². The first-order valence-electron chi connectivity index (χ1n) is 28.9. The smallest absolute Gasteiger partial charge is 0.306 e. The second kappa shape index (κ2) is 45.8. The first-order chi connectivity index (χ1) is 35.6. The van der Waals surface area contributed by atoms with Crippen LogP contribution in [0.2, 0.25) is 0 Å². The lowest BCUT2D eigenvalue weighted by Crippen LogP contribution is -2.61. The van der Waals surface area contributed by atoms with Gasteiger partial charge in [-0.1, -0.05) is 203 Å². The van der Waals surface area contributed by atoms with Gasteiger partial charge in [-0.2, -0.15) is 0 Å². The number of aliphatic hydroxyl groups is 7. The van der Waals surface area contributed by atoms with E-state index in [1.165, 1.54) is 109 Å². The van der Waals surface area contributed by atoms with Crippen LogP contribution in [0.5, 0.6) is 0 Å². The fourth-order valence-electron chi connectivity index (χ4n) is 8.90. The summed E-state index contributed by atoms with van der Waals surface area (Å²) in [4.78, 5) is 13.1. The number of rotatable bonds is 46. The molecule has 11 atom stereocenters. The Morgan fingerprint density at radius 3 is 1.37 bits per heavy atom. The van der Waals surface area contributed by atoms with Crippen molar-refractivity contribution in [3.8, 4) is 0 Å². The maximum absolute atomic E-state index is 13.1. The highest BCUT2D eigenvalue weighted by atomic mass is 16.7. The molecule has 0 aromatic rings. The van der Waals surface area contributed by atoms with E-state index in [0.717, 1.165) is 70.6 Å². The summed E-state index contributed by atoms with van der Waals surface area (Å²) in [6.45, 7) is 3.49. The van der Waals surface area contributed by atoms with Gasteiger partial charge in [-0.15, -0.1) is 0 Å². The molecule has 2 aliphatic rings. The maximum atomic E-state index is 13.1. The molecule has 0 aromatic carbocycles. The quantitative estimate of drug-likeness (QED) is 0.0172. The summed E-state index contributed by atoms with van der Waals surface area (Å²) in [5.74, 6) is -0.389. The van der Waals surface area contributed by atoms with Crippen molar-refractivity contribution >= 4 is 5.97 Å². The van der Waals surface area contributed by atoms with Crippen molar-refractivity contribution in [2.24, 2.45) is 0 Å². The number of allylic oxidation sites excluding steroid dienone is 10. The number of hydrogen-bond donors (Lipinski definition) is 7. The first-order valence-corrected chi connectivity index (χ1v) is 28.9. The molecule has 11 unspecified atom stereocenters. The molecular formula is C59H104O14. The molecule has 2 saturated heterocycles. The topological polar surface area (TPSA) is 214 Å². The zero-order chi connectivity index (χ0) is 53.0. The monoisotopic (exact) mass is 1040 g/mol. The summed E-state index contributed by atoms with van der Waals surface area (Å²) in [7, 11) is 0. The Kier molecular flexibility index (Phi) is 42.0. The van der Waals surface area contributed by atoms with Gasteiger partial charge in [0.15, 0.2) is 12.6 Å².